The van der Waals surface area contributed by atoms with Gasteiger partial charge in [-0.25, -0.2) is 23.1 Å². The van der Waals surface area contributed by atoms with Crippen LogP contribution in [0.1, 0.15) is 38.7 Å². The predicted octanol–water partition coefficient (Wildman–Crippen LogP) is 4.43. The first-order valence-electron chi connectivity index (χ1n) is 11.5. The van der Waals surface area contributed by atoms with Crippen molar-refractivity contribution in [2.45, 2.75) is 44.4 Å². The molecule has 2 N–H and O–H groups in total. The monoisotopic (exact) mass is 498 g/mol. The Morgan fingerprint density at radius 3 is 2.40 bits per heavy atom. The van der Waals surface area contributed by atoms with Crippen LogP contribution in [0, 0.1) is 0 Å². The number of nitrogens with one attached hydrogen (secondary N) is 2. The van der Waals surface area contributed by atoms with Crippen LogP contribution < -0.4 is 19.5 Å². The molecule has 0 saturated heterocycles. The van der Waals surface area contributed by atoms with Gasteiger partial charge in [0.15, 0.2) is 11.5 Å². The lowest BCUT2D eigenvalue weighted by Gasteiger charge is -2.13. The van der Waals surface area contributed by atoms with E-state index >= 15 is 0 Å². The van der Waals surface area contributed by atoms with E-state index in [0.717, 1.165) is 18.4 Å². The molecule has 0 spiro atoms. The van der Waals surface area contributed by atoms with Gasteiger partial charge in [0.2, 0.25) is 11.9 Å². The zero-order valence-electron chi connectivity index (χ0n) is 19.9. The normalized spacial score (nSPS) is 11.0. The van der Waals surface area contributed by atoms with Gasteiger partial charge in [0, 0.05) is 24.5 Å². The topological polar surface area (TPSA) is 120 Å². The number of ether oxygens (including phenoxy) is 2. The summed E-state index contributed by atoms with van der Waals surface area (Å²) in [5.41, 5.74) is 1.46. The van der Waals surface area contributed by atoms with Gasteiger partial charge in [0.1, 0.15) is 0 Å². The molecular weight excluding hydrogens is 468 g/mol. The first-order chi connectivity index (χ1) is 16.9. The first-order valence-corrected chi connectivity index (χ1v) is 13.0. The second-order valence-electron chi connectivity index (χ2n) is 7.67. The van der Waals surface area contributed by atoms with E-state index in [1.165, 1.54) is 36.7 Å². The average molecular weight is 499 g/mol. The van der Waals surface area contributed by atoms with Gasteiger partial charge in [-0.1, -0.05) is 19.4 Å². The number of carbonyl (C=O) groups is 1. The molecule has 0 atom stereocenters. The van der Waals surface area contributed by atoms with Gasteiger partial charge in [0.25, 0.3) is 10.0 Å². The Morgan fingerprint density at radius 2 is 1.71 bits per heavy atom. The van der Waals surface area contributed by atoms with E-state index in [-0.39, 0.29) is 23.2 Å². The van der Waals surface area contributed by atoms with Crippen LogP contribution in [0.4, 0.5) is 11.6 Å². The van der Waals surface area contributed by atoms with Gasteiger partial charge in [-0.05, 0) is 67.8 Å². The standard InChI is InChI=1S/C25H30N4O5S/c1-3-5-17-34-22-13-7-19(18-23(22)33-4-2)8-14-24(30)28-20-9-11-21(12-10-20)35(31,32)29-25-26-15-6-16-27-25/h6-7,9-13,15-16,18H,3-5,8,14,17H2,1-2H3,(H,28,30)(H,26,27,29). The minimum Gasteiger partial charge on any atom is -0.490 e. The predicted molar refractivity (Wildman–Crippen MR) is 134 cm³/mol. The van der Waals surface area contributed by atoms with Crippen LogP contribution in [0.25, 0.3) is 0 Å². The number of hydrogen-bond donors (Lipinski definition) is 2. The largest absolute Gasteiger partial charge is 0.490 e. The highest BCUT2D eigenvalue weighted by molar-refractivity contribution is 7.92. The Hall–Kier alpha value is -3.66. The number of amides is 1. The molecule has 0 saturated carbocycles. The lowest BCUT2D eigenvalue weighted by atomic mass is 10.1. The molecule has 0 aliphatic carbocycles. The Labute approximate surface area is 206 Å². The Morgan fingerprint density at radius 1 is 0.971 bits per heavy atom. The number of hydrogen-bond acceptors (Lipinski definition) is 7. The summed E-state index contributed by atoms with van der Waals surface area (Å²) in [6.45, 7) is 5.18. The van der Waals surface area contributed by atoms with Crippen LogP contribution in [0.3, 0.4) is 0 Å². The van der Waals surface area contributed by atoms with Crippen molar-refractivity contribution in [2.24, 2.45) is 0 Å². The molecule has 0 aliphatic heterocycles. The molecule has 3 rings (SSSR count). The second kappa shape index (κ2) is 12.7. The quantitative estimate of drug-likeness (QED) is 0.335. The molecule has 1 amide bonds. The van der Waals surface area contributed by atoms with Crippen molar-refractivity contribution in [3.05, 3.63) is 66.5 Å². The molecular formula is C25H30N4O5S. The fraction of sp³-hybridized carbons (Fsp3) is 0.320. The van der Waals surface area contributed by atoms with Crippen molar-refractivity contribution >= 4 is 27.6 Å². The zero-order chi connectivity index (χ0) is 25.1. The lowest BCUT2D eigenvalue weighted by molar-refractivity contribution is -0.116. The number of aryl methyl sites for hydroxylation is 1. The fourth-order valence-corrected chi connectivity index (χ4v) is 4.11. The first kappa shape index (κ1) is 26.0. The SMILES string of the molecule is CCCCOc1ccc(CCC(=O)Nc2ccc(S(=O)(=O)Nc3ncccn3)cc2)cc1OCC. The molecule has 2 aromatic carbocycles. The Kier molecular flexibility index (Phi) is 9.42. The van der Waals surface area contributed by atoms with E-state index in [9.17, 15) is 13.2 Å². The number of aromatic nitrogens is 2. The summed E-state index contributed by atoms with van der Waals surface area (Å²) >= 11 is 0. The van der Waals surface area contributed by atoms with Gasteiger partial charge < -0.3 is 14.8 Å². The third-order valence-electron chi connectivity index (χ3n) is 4.94. The summed E-state index contributed by atoms with van der Waals surface area (Å²) < 4.78 is 38.7. The third kappa shape index (κ3) is 7.96. The molecule has 0 unspecified atom stereocenters. The van der Waals surface area contributed by atoms with Gasteiger partial charge in [-0.15, -0.1) is 0 Å². The third-order valence-corrected chi connectivity index (χ3v) is 6.29. The molecule has 10 heteroatoms. The zero-order valence-corrected chi connectivity index (χ0v) is 20.7. The molecule has 1 aromatic heterocycles. The molecule has 3 aromatic rings. The minimum atomic E-state index is -3.83. The summed E-state index contributed by atoms with van der Waals surface area (Å²) in [5, 5.41) is 2.79. The number of anilines is 2. The van der Waals surface area contributed by atoms with Gasteiger partial charge in [-0.3, -0.25) is 4.79 Å². The van der Waals surface area contributed by atoms with E-state index in [0.29, 0.717) is 36.8 Å². The summed E-state index contributed by atoms with van der Waals surface area (Å²) in [4.78, 5) is 20.2. The van der Waals surface area contributed by atoms with Crippen molar-refractivity contribution < 1.29 is 22.7 Å². The minimum absolute atomic E-state index is 0.0158. The van der Waals surface area contributed by atoms with E-state index in [2.05, 4.69) is 26.9 Å². The number of benzene rings is 2. The number of nitrogens with zero attached hydrogens (tertiary/aromatic N) is 2. The van der Waals surface area contributed by atoms with Crippen LogP contribution in [-0.2, 0) is 21.2 Å². The van der Waals surface area contributed by atoms with Crippen LogP contribution in [0.5, 0.6) is 11.5 Å². The lowest BCUT2D eigenvalue weighted by Crippen LogP contribution is -2.15. The summed E-state index contributed by atoms with van der Waals surface area (Å²) in [7, 11) is -3.83. The molecule has 186 valence electrons. The maximum Gasteiger partial charge on any atom is 0.264 e. The van der Waals surface area contributed by atoms with Gasteiger partial charge in [0.05, 0.1) is 18.1 Å². The summed E-state index contributed by atoms with van der Waals surface area (Å²) in [6, 6.07) is 13.2. The second-order valence-corrected chi connectivity index (χ2v) is 9.35. The highest BCUT2D eigenvalue weighted by Crippen LogP contribution is 2.29. The van der Waals surface area contributed by atoms with Crippen LogP contribution in [0.15, 0.2) is 65.8 Å². The van der Waals surface area contributed by atoms with Gasteiger partial charge >= 0.3 is 0 Å². The Balaban J connectivity index is 1.55. The average Bonchev–Trinajstić information content (AvgIpc) is 2.85. The molecule has 0 bridgehead atoms. The highest BCUT2D eigenvalue weighted by atomic mass is 32.2. The summed E-state index contributed by atoms with van der Waals surface area (Å²) in [6.07, 6.45) is 5.68. The maximum absolute atomic E-state index is 12.5. The van der Waals surface area contributed by atoms with Crippen LogP contribution >= 0.6 is 0 Å². The van der Waals surface area contributed by atoms with Crippen molar-refractivity contribution in [3.8, 4) is 11.5 Å². The van der Waals surface area contributed by atoms with Crippen molar-refractivity contribution in [2.75, 3.05) is 23.3 Å². The van der Waals surface area contributed by atoms with Crippen molar-refractivity contribution in [3.63, 3.8) is 0 Å². The van der Waals surface area contributed by atoms with E-state index < -0.39 is 10.0 Å². The molecule has 1 heterocycles. The number of carbonyl (C=O) groups excluding carboxylic acids is 1. The van der Waals surface area contributed by atoms with E-state index in [4.69, 9.17) is 9.47 Å². The smallest absolute Gasteiger partial charge is 0.264 e. The molecule has 9 nitrogen and oxygen atoms in total. The molecule has 0 radical (unpaired) electrons. The highest BCUT2D eigenvalue weighted by Gasteiger charge is 2.16. The maximum atomic E-state index is 12.5. The summed E-state index contributed by atoms with van der Waals surface area (Å²) in [5.74, 6) is 1.18. The van der Waals surface area contributed by atoms with Gasteiger partial charge in [-0.2, -0.15) is 0 Å². The van der Waals surface area contributed by atoms with Crippen molar-refractivity contribution in [1.29, 1.82) is 0 Å². The van der Waals surface area contributed by atoms with Crippen LogP contribution in [-0.4, -0.2) is 37.5 Å². The Bertz CT molecular complexity index is 1200. The van der Waals surface area contributed by atoms with E-state index in [1.54, 1.807) is 6.07 Å². The molecule has 0 fully saturated rings. The van der Waals surface area contributed by atoms with Crippen molar-refractivity contribution in [1.82, 2.24) is 9.97 Å². The fourth-order valence-electron chi connectivity index (χ4n) is 3.15. The number of unbranched alkanes of at least 4 members (excludes halogenated alkanes) is 1. The number of rotatable bonds is 13. The molecule has 0 aliphatic rings. The number of sulfonamides is 1. The van der Waals surface area contributed by atoms with E-state index in [1.807, 2.05) is 25.1 Å². The molecule has 35 heavy (non-hydrogen) atoms. The van der Waals surface area contributed by atoms with Crippen LogP contribution in [0.2, 0.25) is 0 Å².